The molecule has 0 radical (unpaired) electrons. The molecular weight excluding hydrogens is 144 g/mol. The maximum absolute atomic E-state index is 2.24. The molecule has 1 saturated carbocycles. The van der Waals surface area contributed by atoms with E-state index in [1.54, 1.807) is 0 Å². The van der Waals surface area contributed by atoms with Crippen LogP contribution in [0.25, 0.3) is 0 Å². The van der Waals surface area contributed by atoms with Crippen LogP contribution in [-0.2, 0) is 0 Å². The van der Waals surface area contributed by atoms with Gasteiger partial charge in [-0.2, -0.15) is 0 Å². The van der Waals surface area contributed by atoms with Crippen molar-refractivity contribution < 1.29 is 0 Å². The molecule has 0 unspecified atom stereocenters. The zero-order valence-electron chi connectivity index (χ0n) is 8.09. The van der Waals surface area contributed by atoms with Gasteiger partial charge in [-0.1, -0.05) is 50.6 Å². The maximum atomic E-state index is 2.24. The van der Waals surface area contributed by atoms with E-state index >= 15 is 0 Å². The lowest BCUT2D eigenvalue weighted by atomic mass is 9.80. The molecule has 1 aliphatic rings. The molecule has 0 N–H and O–H groups in total. The van der Waals surface area contributed by atoms with Crippen LogP contribution in [0.1, 0.15) is 44.6 Å². The van der Waals surface area contributed by atoms with Crippen LogP contribution in [0.15, 0.2) is 30.3 Å². The van der Waals surface area contributed by atoms with Crippen LogP contribution in [0.2, 0.25) is 0 Å². The van der Waals surface area contributed by atoms with Gasteiger partial charge in [0.25, 0.3) is 0 Å². The Balaban J connectivity index is 0.000000336. The summed E-state index contributed by atoms with van der Waals surface area (Å²) in [6.45, 7) is 4.00. The molecule has 0 atom stereocenters. The van der Waals surface area contributed by atoms with Crippen LogP contribution < -0.4 is 0 Å². The van der Waals surface area contributed by atoms with Gasteiger partial charge in [-0.05, 0) is 24.3 Å². The Morgan fingerprint density at radius 3 is 2.00 bits per heavy atom. The van der Waals surface area contributed by atoms with Gasteiger partial charge in [0.15, 0.2) is 0 Å². The molecule has 0 amide bonds. The smallest absolute Gasteiger partial charge is 0.0162 e. The van der Waals surface area contributed by atoms with Crippen LogP contribution in [0, 0.1) is 0 Å². The lowest BCUT2D eigenvalue weighted by Gasteiger charge is -2.25. The summed E-state index contributed by atoms with van der Waals surface area (Å²) in [7, 11) is 0. The van der Waals surface area contributed by atoms with Gasteiger partial charge < -0.3 is 0 Å². The first-order valence-electron chi connectivity index (χ1n) is 5.02. The lowest BCUT2D eigenvalue weighted by molar-refractivity contribution is 0.420. The summed E-state index contributed by atoms with van der Waals surface area (Å²) in [5, 5.41) is 0. The highest BCUT2D eigenvalue weighted by Gasteiger charge is 2.18. The zero-order chi connectivity index (χ0) is 8.81. The third kappa shape index (κ3) is 2.10. The second-order valence-corrected chi connectivity index (χ2v) is 3.04. The Hall–Kier alpha value is -0.780. The van der Waals surface area contributed by atoms with Crippen LogP contribution in [0.3, 0.4) is 0 Å². The topological polar surface area (TPSA) is 0 Å². The third-order valence-electron chi connectivity index (χ3n) is 2.38. The minimum Gasteiger partial charge on any atom is -0.0683 e. The van der Waals surface area contributed by atoms with Crippen LogP contribution in [0.4, 0.5) is 0 Å². The second-order valence-electron chi connectivity index (χ2n) is 3.04. The Morgan fingerprint density at radius 1 is 1.00 bits per heavy atom. The molecule has 0 heterocycles. The highest BCUT2D eigenvalue weighted by Crippen LogP contribution is 2.35. The first-order chi connectivity index (χ1) is 5.97. The summed E-state index contributed by atoms with van der Waals surface area (Å²) in [6, 6.07) is 10.8. The average Bonchev–Trinajstić information content (AvgIpc) is 2.07. The maximum Gasteiger partial charge on any atom is -0.0162 e. The molecule has 0 spiro atoms. The molecule has 0 heteroatoms. The lowest BCUT2D eigenvalue weighted by Crippen LogP contribution is -2.07. The fourth-order valence-electron chi connectivity index (χ4n) is 1.47. The number of hydrogen-bond donors (Lipinski definition) is 0. The van der Waals surface area contributed by atoms with Crippen molar-refractivity contribution in [1.29, 1.82) is 0 Å². The molecule has 1 fully saturated rings. The molecule has 0 nitrogen and oxygen atoms in total. The molecule has 0 aliphatic heterocycles. The second kappa shape index (κ2) is 4.97. The van der Waals surface area contributed by atoms with E-state index in [0.717, 1.165) is 5.92 Å². The summed E-state index contributed by atoms with van der Waals surface area (Å²) in [5.74, 6) is 0.890. The van der Waals surface area contributed by atoms with E-state index in [-0.39, 0.29) is 0 Å². The summed E-state index contributed by atoms with van der Waals surface area (Å²) in [5.41, 5.74) is 1.54. The first-order valence-corrected chi connectivity index (χ1v) is 5.02. The fourth-order valence-corrected chi connectivity index (χ4v) is 1.47. The van der Waals surface area contributed by atoms with E-state index in [4.69, 9.17) is 0 Å². The van der Waals surface area contributed by atoms with E-state index in [9.17, 15) is 0 Å². The minimum atomic E-state index is 0.890. The Kier molecular flexibility index (Phi) is 3.86. The Morgan fingerprint density at radius 2 is 1.58 bits per heavy atom. The predicted molar refractivity (Wildman–Crippen MR) is 54.4 cm³/mol. The summed E-state index contributed by atoms with van der Waals surface area (Å²) < 4.78 is 0. The average molecular weight is 162 g/mol. The molecule has 0 aromatic heterocycles. The Bertz CT molecular complexity index is 197. The van der Waals surface area contributed by atoms with Gasteiger partial charge in [0.1, 0.15) is 0 Å². The standard InChI is InChI=1S/C10H12.C2H6/c1-2-5-9(6-3-1)10-7-4-8-10;1-2/h1-3,5-6,10H,4,7-8H2;1-2H3. The predicted octanol–water partition coefficient (Wildman–Crippen LogP) is 3.98. The van der Waals surface area contributed by atoms with Crippen molar-refractivity contribution in [2.45, 2.75) is 39.0 Å². The van der Waals surface area contributed by atoms with Gasteiger partial charge in [0, 0.05) is 0 Å². The van der Waals surface area contributed by atoms with Gasteiger partial charge in [-0.15, -0.1) is 0 Å². The molecule has 0 saturated heterocycles. The molecule has 1 aromatic rings. The monoisotopic (exact) mass is 162 g/mol. The number of rotatable bonds is 1. The van der Waals surface area contributed by atoms with Gasteiger partial charge in [-0.3, -0.25) is 0 Å². The third-order valence-corrected chi connectivity index (χ3v) is 2.38. The largest absolute Gasteiger partial charge is 0.0683 e. The molecule has 2 rings (SSSR count). The summed E-state index contributed by atoms with van der Waals surface area (Å²) in [4.78, 5) is 0. The summed E-state index contributed by atoms with van der Waals surface area (Å²) >= 11 is 0. The molecule has 1 aliphatic carbocycles. The molecule has 12 heavy (non-hydrogen) atoms. The van der Waals surface area contributed by atoms with Crippen LogP contribution in [-0.4, -0.2) is 0 Å². The van der Waals surface area contributed by atoms with E-state index in [0.29, 0.717) is 0 Å². The van der Waals surface area contributed by atoms with E-state index < -0.39 is 0 Å². The van der Waals surface area contributed by atoms with Crippen LogP contribution >= 0.6 is 0 Å². The SMILES string of the molecule is CC.c1ccc(C2CCC2)cc1. The summed E-state index contributed by atoms with van der Waals surface area (Å²) in [6.07, 6.45) is 4.24. The van der Waals surface area contributed by atoms with Crippen molar-refractivity contribution in [3.05, 3.63) is 35.9 Å². The van der Waals surface area contributed by atoms with Crippen molar-refractivity contribution in [2.24, 2.45) is 0 Å². The number of hydrogen-bond acceptors (Lipinski definition) is 0. The molecular formula is C12H18. The molecule has 1 aromatic carbocycles. The van der Waals surface area contributed by atoms with Crippen molar-refractivity contribution in [3.8, 4) is 0 Å². The van der Waals surface area contributed by atoms with Crippen molar-refractivity contribution >= 4 is 0 Å². The van der Waals surface area contributed by atoms with Crippen LogP contribution in [0.5, 0.6) is 0 Å². The zero-order valence-corrected chi connectivity index (χ0v) is 8.09. The van der Waals surface area contributed by atoms with Gasteiger partial charge >= 0.3 is 0 Å². The van der Waals surface area contributed by atoms with E-state index in [2.05, 4.69) is 30.3 Å². The normalized spacial score (nSPS) is 15.8. The molecule has 0 bridgehead atoms. The molecule has 66 valence electrons. The minimum absolute atomic E-state index is 0.890. The van der Waals surface area contributed by atoms with Gasteiger partial charge in [0.05, 0.1) is 0 Å². The van der Waals surface area contributed by atoms with Crippen molar-refractivity contribution in [2.75, 3.05) is 0 Å². The first kappa shape index (κ1) is 9.31. The number of benzene rings is 1. The van der Waals surface area contributed by atoms with Crippen molar-refractivity contribution in [3.63, 3.8) is 0 Å². The Labute approximate surface area is 75.6 Å². The van der Waals surface area contributed by atoms with E-state index in [1.165, 1.54) is 24.8 Å². The van der Waals surface area contributed by atoms with Gasteiger partial charge in [-0.25, -0.2) is 0 Å². The highest BCUT2D eigenvalue weighted by molar-refractivity contribution is 5.20. The fraction of sp³-hybridized carbons (Fsp3) is 0.500. The van der Waals surface area contributed by atoms with Gasteiger partial charge in [0.2, 0.25) is 0 Å². The quantitative estimate of drug-likeness (QED) is 0.586. The van der Waals surface area contributed by atoms with Crippen molar-refractivity contribution in [1.82, 2.24) is 0 Å². The van der Waals surface area contributed by atoms with E-state index in [1.807, 2.05) is 13.8 Å². The highest BCUT2D eigenvalue weighted by atomic mass is 14.2.